The van der Waals surface area contributed by atoms with Gasteiger partial charge in [0, 0.05) is 26.2 Å². The summed E-state index contributed by atoms with van der Waals surface area (Å²) in [6.07, 6.45) is 71.2. The number of nitrogens with zero attached hydrogens (tertiary/aromatic N) is 1. The number of carbonyl (C=O) groups excluding carboxylic acids is 1. The lowest BCUT2D eigenvalue weighted by atomic mass is 10.1. The number of hydrogen-bond donors (Lipinski definition) is 0. The molecule has 0 amide bonds. The SMILES string of the molecule is CCCCC/C=C\C/C=C\CCCCCCCCOC1[C@@H](COC(=O)CCCN(C)C)O[C@@H](OCCCCCCCC/C=C\C/C=C\CCCCC)[C@H]1OCCCCCCCC/C=C\C/C=C\CCCCC. The zero-order valence-electron chi connectivity index (χ0n) is 48.0. The van der Waals surface area contributed by atoms with Crippen LogP contribution < -0.4 is 0 Å². The van der Waals surface area contributed by atoms with Crippen molar-refractivity contribution >= 4 is 5.97 Å². The Bertz CT molecular complexity index is 1320. The summed E-state index contributed by atoms with van der Waals surface area (Å²) >= 11 is 0. The lowest BCUT2D eigenvalue weighted by Gasteiger charge is -2.25. The molecule has 1 aliphatic heterocycles. The summed E-state index contributed by atoms with van der Waals surface area (Å²) in [5.74, 6) is -0.186. The van der Waals surface area contributed by atoms with Gasteiger partial charge in [0.2, 0.25) is 0 Å². The average Bonchev–Trinajstić information content (AvgIpc) is 3.70. The van der Waals surface area contributed by atoms with Gasteiger partial charge in [-0.15, -0.1) is 0 Å². The first-order chi connectivity index (χ1) is 35.5. The van der Waals surface area contributed by atoms with E-state index in [1.165, 1.54) is 173 Å². The quantitative estimate of drug-likeness (QED) is 0.0342. The smallest absolute Gasteiger partial charge is 0.305 e. The molecular formula is C65H117NO6. The third-order valence-electron chi connectivity index (χ3n) is 13.6. The van der Waals surface area contributed by atoms with Crippen LogP contribution in [0.4, 0.5) is 0 Å². The fraction of sp³-hybridized carbons (Fsp3) is 0.800. The molecule has 4 atom stereocenters. The standard InChI is InChI=1S/C65H117NO6/c1-6-9-12-15-18-21-24-27-30-33-36-39-42-45-48-51-57-68-63-61(60-71-62(67)55-54-56-66(4)5)72-65(70-59-53-50-47-44-41-38-35-32-29-26-23-20-17-14-11-8-3)64(63)69-58-52-49-46-43-40-37-34-31-28-25-22-19-16-13-10-7-2/h18-23,27-32,61,63-65H,6-17,24-26,33-60H2,1-5H3/b21-18-,22-19-,23-20-,30-27-,31-28-,32-29-/t61-,63?,64+,65-/m1/s1. The zero-order valence-corrected chi connectivity index (χ0v) is 48.0. The van der Waals surface area contributed by atoms with Crippen molar-refractivity contribution in [3.8, 4) is 0 Å². The topological polar surface area (TPSA) is 66.5 Å². The monoisotopic (exact) mass is 1010 g/mol. The first kappa shape index (κ1) is 67.7. The molecule has 0 bridgehead atoms. The molecule has 1 fully saturated rings. The maximum absolute atomic E-state index is 12.9. The molecule has 72 heavy (non-hydrogen) atoms. The molecule has 1 rings (SSSR count). The Morgan fingerprint density at radius 1 is 0.403 bits per heavy atom. The minimum Gasteiger partial charge on any atom is -0.463 e. The predicted octanol–water partition coefficient (Wildman–Crippen LogP) is 18.8. The van der Waals surface area contributed by atoms with Crippen molar-refractivity contribution in [3.63, 3.8) is 0 Å². The Labute approximate surface area is 446 Å². The number of rotatable bonds is 54. The van der Waals surface area contributed by atoms with Crippen molar-refractivity contribution in [1.82, 2.24) is 4.90 Å². The summed E-state index contributed by atoms with van der Waals surface area (Å²) in [4.78, 5) is 14.9. The number of ether oxygens (including phenoxy) is 5. The highest BCUT2D eigenvalue weighted by Gasteiger charge is 2.47. The Morgan fingerprint density at radius 3 is 1.11 bits per heavy atom. The van der Waals surface area contributed by atoms with E-state index < -0.39 is 12.4 Å². The van der Waals surface area contributed by atoms with E-state index in [4.69, 9.17) is 23.7 Å². The molecule has 0 aromatic heterocycles. The van der Waals surface area contributed by atoms with Gasteiger partial charge in [-0.1, -0.05) is 209 Å². The van der Waals surface area contributed by atoms with Crippen LogP contribution in [0, 0.1) is 0 Å². The van der Waals surface area contributed by atoms with Crippen molar-refractivity contribution < 1.29 is 28.5 Å². The normalized spacial score (nSPS) is 17.6. The van der Waals surface area contributed by atoms with E-state index in [0.29, 0.717) is 26.2 Å². The van der Waals surface area contributed by atoms with Crippen LogP contribution in [-0.4, -0.2) is 82.5 Å². The van der Waals surface area contributed by atoms with E-state index in [0.717, 1.165) is 70.8 Å². The molecule has 1 unspecified atom stereocenters. The highest BCUT2D eigenvalue weighted by atomic mass is 16.7. The van der Waals surface area contributed by atoms with E-state index in [-0.39, 0.29) is 24.8 Å². The van der Waals surface area contributed by atoms with E-state index in [2.05, 4.69) is 98.6 Å². The summed E-state index contributed by atoms with van der Waals surface area (Å²) in [6, 6.07) is 0. The van der Waals surface area contributed by atoms with Gasteiger partial charge in [0.15, 0.2) is 6.29 Å². The summed E-state index contributed by atoms with van der Waals surface area (Å²) in [7, 11) is 4.06. The zero-order chi connectivity index (χ0) is 51.9. The average molecular weight is 1010 g/mol. The maximum atomic E-state index is 12.9. The van der Waals surface area contributed by atoms with Crippen molar-refractivity contribution in [3.05, 3.63) is 72.9 Å². The first-order valence-corrected chi connectivity index (χ1v) is 30.7. The van der Waals surface area contributed by atoms with Crippen molar-refractivity contribution in [2.45, 2.75) is 289 Å². The minimum absolute atomic E-state index is 0.157. The lowest BCUT2D eigenvalue weighted by molar-refractivity contribution is -0.184. The second-order valence-corrected chi connectivity index (χ2v) is 20.9. The number of unbranched alkanes of at least 4 members (excludes halogenated alkanes) is 27. The van der Waals surface area contributed by atoms with Crippen molar-refractivity contribution in [2.75, 3.05) is 47.1 Å². The number of hydrogen-bond acceptors (Lipinski definition) is 7. The van der Waals surface area contributed by atoms with Crippen LogP contribution in [0.3, 0.4) is 0 Å². The van der Waals surface area contributed by atoms with Crippen LogP contribution in [0.15, 0.2) is 72.9 Å². The van der Waals surface area contributed by atoms with Crippen LogP contribution >= 0.6 is 0 Å². The molecule has 0 aromatic carbocycles. The molecule has 7 heteroatoms. The fourth-order valence-electron chi connectivity index (χ4n) is 9.03. The number of esters is 1. The van der Waals surface area contributed by atoms with E-state index in [9.17, 15) is 4.79 Å². The van der Waals surface area contributed by atoms with Crippen LogP contribution in [-0.2, 0) is 28.5 Å². The van der Waals surface area contributed by atoms with Gasteiger partial charge in [-0.3, -0.25) is 4.79 Å². The van der Waals surface area contributed by atoms with E-state index >= 15 is 0 Å². The van der Waals surface area contributed by atoms with Gasteiger partial charge in [-0.25, -0.2) is 0 Å². The van der Waals surface area contributed by atoms with Crippen LogP contribution in [0.5, 0.6) is 0 Å². The van der Waals surface area contributed by atoms with Gasteiger partial charge in [0.25, 0.3) is 0 Å². The Balaban J connectivity index is 2.67. The molecule has 7 nitrogen and oxygen atoms in total. The van der Waals surface area contributed by atoms with Crippen LogP contribution in [0.1, 0.15) is 265 Å². The van der Waals surface area contributed by atoms with Crippen molar-refractivity contribution in [2.24, 2.45) is 0 Å². The second kappa shape index (κ2) is 55.0. The summed E-state index contributed by atoms with van der Waals surface area (Å²) in [5, 5.41) is 0. The molecule has 0 radical (unpaired) electrons. The highest BCUT2D eigenvalue weighted by Crippen LogP contribution is 2.29. The first-order valence-electron chi connectivity index (χ1n) is 30.7. The van der Waals surface area contributed by atoms with Gasteiger partial charge >= 0.3 is 5.97 Å². The van der Waals surface area contributed by atoms with Gasteiger partial charge in [-0.05, 0) is 143 Å². The number of allylic oxidation sites excluding steroid dienone is 12. The lowest BCUT2D eigenvalue weighted by Crippen LogP contribution is -2.40. The third kappa shape index (κ3) is 45.1. The predicted molar refractivity (Wildman–Crippen MR) is 311 cm³/mol. The molecule has 0 saturated carbocycles. The maximum Gasteiger partial charge on any atom is 0.305 e. The molecule has 1 heterocycles. The molecule has 0 aliphatic carbocycles. The summed E-state index contributed by atoms with van der Waals surface area (Å²) < 4.78 is 32.3. The molecule has 0 N–H and O–H groups in total. The molecule has 1 saturated heterocycles. The van der Waals surface area contributed by atoms with Crippen LogP contribution in [0.2, 0.25) is 0 Å². The second-order valence-electron chi connectivity index (χ2n) is 20.9. The third-order valence-corrected chi connectivity index (χ3v) is 13.6. The minimum atomic E-state index is -0.536. The van der Waals surface area contributed by atoms with E-state index in [1.54, 1.807) is 0 Å². The number of carbonyl (C=O) groups is 1. The Morgan fingerprint density at radius 2 is 0.736 bits per heavy atom. The summed E-state index contributed by atoms with van der Waals surface area (Å²) in [6.45, 7) is 9.70. The fourth-order valence-corrected chi connectivity index (χ4v) is 9.03. The van der Waals surface area contributed by atoms with Crippen molar-refractivity contribution in [1.29, 1.82) is 0 Å². The molecule has 0 aromatic rings. The molecule has 0 spiro atoms. The van der Waals surface area contributed by atoms with Gasteiger partial charge in [0.05, 0.1) is 0 Å². The van der Waals surface area contributed by atoms with Gasteiger partial charge in [-0.2, -0.15) is 0 Å². The summed E-state index contributed by atoms with van der Waals surface area (Å²) in [5.41, 5.74) is 0. The largest absolute Gasteiger partial charge is 0.463 e. The highest BCUT2D eigenvalue weighted by molar-refractivity contribution is 5.69. The van der Waals surface area contributed by atoms with Gasteiger partial charge < -0.3 is 28.6 Å². The van der Waals surface area contributed by atoms with Crippen LogP contribution in [0.25, 0.3) is 0 Å². The molecule has 418 valence electrons. The Kier molecular flexibility index (Phi) is 51.7. The molecular weight excluding hydrogens is 891 g/mol. The Hall–Kier alpha value is -2.29. The molecule has 1 aliphatic rings. The van der Waals surface area contributed by atoms with E-state index in [1.807, 2.05) is 14.1 Å². The van der Waals surface area contributed by atoms with Gasteiger partial charge in [0.1, 0.15) is 24.9 Å².